The van der Waals surface area contributed by atoms with E-state index < -0.39 is 9.84 Å². The van der Waals surface area contributed by atoms with Crippen molar-refractivity contribution in [3.63, 3.8) is 0 Å². The highest BCUT2D eigenvalue weighted by Gasteiger charge is 2.34. The SMILES string of the molecule is CCNC1CCCCCCC1S(=O)(=O)C(C)C. The molecule has 0 aromatic carbocycles. The maximum absolute atomic E-state index is 12.4. The van der Waals surface area contributed by atoms with E-state index in [0.717, 1.165) is 32.2 Å². The van der Waals surface area contributed by atoms with Crippen LogP contribution in [-0.4, -0.2) is 31.5 Å². The highest BCUT2D eigenvalue weighted by molar-refractivity contribution is 7.92. The van der Waals surface area contributed by atoms with Gasteiger partial charge in [-0.2, -0.15) is 0 Å². The Labute approximate surface area is 106 Å². The lowest BCUT2D eigenvalue weighted by molar-refractivity contribution is 0.391. The molecule has 1 fully saturated rings. The number of rotatable bonds is 4. The van der Waals surface area contributed by atoms with Gasteiger partial charge < -0.3 is 5.32 Å². The first-order chi connectivity index (χ1) is 8.00. The predicted molar refractivity (Wildman–Crippen MR) is 73.0 cm³/mol. The van der Waals surface area contributed by atoms with Gasteiger partial charge in [0.25, 0.3) is 0 Å². The molecule has 0 aromatic rings. The van der Waals surface area contributed by atoms with Crippen molar-refractivity contribution < 1.29 is 8.42 Å². The van der Waals surface area contributed by atoms with Crippen molar-refractivity contribution in [2.45, 2.75) is 75.8 Å². The summed E-state index contributed by atoms with van der Waals surface area (Å²) in [6.07, 6.45) is 6.47. The quantitative estimate of drug-likeness (QED) is 0.846. The summed E-state index contributed by atoms with van der Waals surface area (Å²) in [6.45, 7) is 6.51. The Hall–Kier alpha value is -0.0900. The van der Waals surface area contributed by atoms with Crippen molar-refractivity contribution in [2.24, 2.45) is 0 Å². The molecule has 0 aromatic heterocycles. The average molecular weight is 261 g/mol. The van der Waals surface area contributed by atoms with Gasteiger partial charge in [-0.3, -0.25) is 0 Å². The molecule has 0 bridgehead atoms. The molecule has 102 valence electrons. The Morgan fingerprint density at radius 1 is 1.12 bits per heavy atom. The zero-order chi connectivity index (χ0) is 12.9. The fraction of sp³-hybridized carbons (Fsp3) is 1.00. The molecule has 1 aliphatic carbocycles. The van der Waals surface area contributed by atoms with Gasteiger partial charge in [0.15, 0.2) is 9.84 Å². The summed E-state index contributed by atoms with van der Waals surface area (Å²) in [7, 11) is -2.97. The van der Waals surface area contributed by atoms with E-state index in [-0.39, 0.29) is 16.5 Å². The molecule has 4 heteroatoms. The second-order valence-corrected chi connectivity index (χ2v) is 8.06. The zero-order valence-corrected chi connectivity index (χ0v) is 12.2. The second kappa shape index (κ2) is 6.74. The van der Waals surface area contributed by atoms with Crippen LogP contribution in [0, 0.1) is 0 Å². The number of sulfone groups is 1. The monoisotopic (exact) mass is 261 g/mol. The summed E-state index contributed by atoms with van der Waals surface area (Å²) >= 11 is 0. The van der Waals surface area contributed by atoms with Crippen molar-refractivity contribution >= 4 is 9.84 Å². The summed E-state index contributed by atoms with van der Waals surface area (Å²) in [5.41, 5.74) is 0. The van der Waals surface area contributed by atoms with Crippen molar-refractivity contribution in [1.82, 2.24) is 5.32 Å². The lowest BCUT2D eigenvalue weighted by Crippen LogP contribution is -2.46. The Morgan fingerprint density at radius 3 is 2.24 bits per heavy atom. The lowest BCUT2D eigenvalue weighted by atomic mass is 9.96. The van der Waals surface area contributed by atoms with Gasteiger partial charge in [-0.25, -0.2) is 8.42 Å². The van der Waals surface area contributed by atoms with E-state index in [2.05, 4.69) is 12.2 Å². The van der Waals surface area contributed by atoms with Crippen LogP contribution < -0.4 is 5.32 Å². The molecule has 2 unspecified atom stereocenters. The highest BCUT2D eigenvalue weighted by atomic mass is 32.2. The molecule has 2 atom stereocenters. The van der Waals surface area contributed by atoms with E-state index in [0.29, 0.717) is 0 Å². The van der Waals surface area contributed by atoms with Gasteiger partial charge >= 0.3 is 0 Å². The van der Waals surface area contributed by atoms with Gasteiger partial charge in [-0.15, -0.1) is 0 Å². The van der Waals surface area contributed by atoms with Gasteiger partial charge in [0.2, 0.25) is 0 Å². The highest BCUT2D eigenvalue weighted by Crippen LogP contribution is 2.25. The Balaban J connectivity index is 2.87. The molecule has 3 nitrogen and oxygen atoms in total. The van der Waals surface area contributed by atoms with Gasteiger partial charge in [0, 0.05) is 6.04 Å². The van der Waals surface area contributed by atoms with Crippen LogP contribution in [0.2, 0.25) is 0 Å². The van der Waals surface area contributed by atoms with Gasteiger partial charge in [-0.1, -0.05) is 32.6 Å². The maximum Gasteiger partial charge on any atom is 0.156 e. The molecule has 0 spiro atoms. The number of hydrogen-bond acceptors (Lipinski definition) is 3. The van der Waals surface area contributed by atoms with E-state index in [4.69, 9.17) is 0 Å². The summed E-state index contributed by atoms with van der Waals surface area (Å²) in [4.78, 5) is 0. The molecular weight excluding hydrogens is 234 g/mol. The van der Waals surface area contributed by atoms with Crippen LogP contribution in [0.15, 0.2) is 0 Å². The molecule has 1 N–H and O–H groups in total. The molecule has 0 amide bonds. The van der Waals surface area contributed by atoms with Gasteiger partial charge in [-0.05, 0) is 33.2 Å². The first kappa shape index (κ1) is 15.0. The van der Waals surface area contributed by atoms with E-state index in [1.54, 1.807) is 13.8 Å². The van der Waals surface area contributed by atoms with Crippen LogP contribution in [0.3, 0.4) is 0 Å². The second-order valence-electron chi connectivity index (χ2n) is 5.33. The minimum atomic E-state index is -2.97. The smallest absolute Gasteiger partial charge is 0.156 e. The van der Waals surface area contributed by atoms with E-state index in [1.807, 2.05) is 0 Å². The van der Waals surface area contributed by atoms with E-state index in [9.17, 15) is 8.42 Å². The fourth-order valence-electron chi connectivity index (χ4n) is 2.69. The molecule has 0 heterocycles. The molecule has 0 radical (unpaired) electrons. The standard InChI is InChI=1S/C13H27NO2S/c1-4-14-12-9-7-5-6-8-10-13(12)17(15,16)11(2)3/h11-14H,4-10H2,1-3H3. The third-order valence-electron chi connectivity index (χ3n) is 3.75. The summed E-state index contributed by atoms with van der Waals surface area (Å²) in [6, 6.07) is 0.160. The molecule has 1 rings (SSSR count). The zero-order valence-electron chi connectivity index (χ0n) is 11.4. The molecule has 0 aliphatic heterocycles. The van der Waals surface area contributed by atoms with Crippen LogP contribution in [0.5, 0.6) is 0 Å². The van der Waals surface area contributed by atoms with Crippen LogP contribution in [0.1, 0.15) is 59.3 Å². The Kier molecular flexibility index (Phi) is 5.93. The van der Waals surface area contributed by atoms with Crippen LogP contribution in [0.25, 0.3) is 0 Å². The Morgan fingerprint density at radius 2 is 1.71 bits per heavy atom. The Bertz CT molecular complexity index is 311. The minimum absolute atomic E-state index is 0.160. The van der Waals surface area contributed by atoms with Crippen molar-refractivity contribution in [2.75, 3.05) is 6.54 Å². The fourth-order valence-corrected chi connectivity index (χ4v) is 4.57. The van der Waals surface area contributed by atoms with Crippen LogP contribution >= 0.6 is 0 Å². The summed E-state index contributed by atoms with van der Waals surface area (Å²) in [5, 5.41) is 2.95. The summed E-state index contributed by atoms with van der Waals surface area (Å²) in [5.74, 6) is 0. The van der Waals surface area contributed by atoms with Gasteiger partial charge in [0.05, 0.1) is 10.5 Å². The number of nitrogens with one attached hydrogen (secondary N) is 1. The van der Waals surface area contributed by atoms with Crippen molar-refractivity contribution in [3.8, 4) is 0 Å². The predicted octanol–water partition coefficient (Wildman–Crippen LogP) is 2.51. The van der Waals surface area contributed by atoms with Crippen molar-refractivity contribution in [1.29, 1.82) is 0 Å². The molecule has 17 heavy (non-hydrogen) atoms. The van der Waals surface area contributed by atoms with Crippen molar-refractivity contribution in [3.05, 3.63) is 0 Å². The summed E-state index contributed by atoms with van der Waals surface area (Å²) < 4.78 is 24.8. The van der Waals surface area contributed by atoms with Crippen LogP contribution in [0.4, 0.5) is 0 Å². The third kappa shape index (κ3) is 3.95. The van der Waals surface area contributed by atoms with Gasteiger partial charge in [0.1, 0.15) is 0 Å². The molecular formula is C13H27NO2S. The normalized spacial score (nSPS) is 27.8. The first-order valence-corrected chi connectivity index (χ1v) is 8.57. The lowest BCUT2D eigenvalue weighted by Gasteiger charge is -2.31. The van der Waals surface area contributed by atoms with Crippen LogP contribution in [-0.2, 0) is 9.84 Å². The minimum Gasteiger partial charge on any atom is -0.313 e. The maximum atomic E-state index is 12.4. The molecule has 1 aliphatic rings. The van der Waals surface area contributed by atoms with E-state index >= 15 is 0 Å². The third-order valence-corrected chi connectivity index (χ3v) is 6.47. The largest absolute Gasteiger partial charge is 0.313 e. The molecule has 0 saturated heterocycles. The topological polar surface area (TPSA) is 46.2 Å². The first-order valence-electron chi connectivity index (χ1n) is 6.96. The number of hydrogen-bond donors (Lipinski definition) is 1. The molecule has 1 saturated carbocycles. The average Bonchev–Trinajstić information content (AvgIpc) is 2.21. The van der Waals surface area contributed by atoms with E-state index in [1.165, 1.54) is 12.8 Å².